The molecule has 1 N–H and O–H groups in total. The van der Waals surface area contributed by atoms with E-state index in [1.54, 1.807) is 17.1 Å². The van der Waals surface area contributed by atoms with Crippen molar-refractivity contribution in [1.82, 2.24) is 4.90 Å². The summed E-state index contributed by atoms with van der Waals surface area (Å²) in [6.07, 6.45) is 5.75. The summed E-state index contributed by atoms with van der Waals surface area (Å²) in [4.78, 5) is 25.1. The molecule has 5 nitrogen and oxygen atoms in total. The number of ether oxygens (including phenoxy) is 1. The van der Waals surface area contributed by atoms with Crippen LogP contribution in [0.4, 0.5) is 5.69 Å². The number of nitrogens with one attached hydrogen (secondary N) is 1. The lowest BCUT2D eigenvalue weighted by Gasteiger charge is -2.19. The molecule has 0 unspecified atom stereocenters. The number of rotatable bonds is 9. The van der Waals surface area contributed by atoms with E-state index in [1.807, 2.05) is 18.2 Å². The van der Waals surface area contributed by atoms with Gasteiger partial charge >= 0.3 is 0 Å². The van der Waals surface area contributed by atoms with Crippen LogP contribution in [0.2, 0.25) is 0 Å². The standard InChI is InChI=1S/C19H24N2O3/c1-3-11-21(12-4-2)19(23)6-5-13-24-16-8-9-17-15(14-16)7-10-18(22)20-17/h3-4,8-9,14H,1-2,5-7,10-13H2,(H,20,22). The fourth-order valence-electron chi connectivity index (χ4n) is 2.61. The summed E-state index contributed by atoms with van der Waals surface area (Å²) in [5.74, 6) is 0.899. The number of carbonyl (C=O) groups is 2. The van der Waals surface area contributed by atoms with Gasteiger partial charge in [0.1, 0.15) is 5.75 Å². The number of amides is 2. The predicted octanol–water partition coefficient (Wildman–Crippen LogP) is 2.93. The van der Waals surface area contributed by atoms with Crippen LogP contribution in [0.1, 0.15) is 24.8 Å². The van der Waals surface area contributed by atoms with Crippen molar-refractivity contribution in [2.75, 3.05) is 25.0 Å². The van der Waals surface area contributed by atoms with Crippen molar-refractivity contribution < 1.29 is 14.3 Å². The highest BCUT2D eigenvalue weighted by molar-refractivity contribution is 5.94. The molecule has 2 rings (SSSR count). The monoisotopic (exact) mass is 328 g/mol. The zero-order chi connectivity index (χ0) is 17.4. The van der Waals surface area contributed by atoms with Gasteiger partial charge in [-0.1, -0.05) is 12.2 Å². The first-order chi connectivity index (χ1) is 11.6. The minimum absolute atomic E-state index is 0.0540. The minimum Gasteiger partial charge on any atom is -0.494 e. The molecule has 0 atom stereocenters. The van der Waals surface area contributed by atoms with E-state index in [2.05, 4.69) is 18.5 Å². The highest BCUT2D eigenvalue weighted by atomic mass is 16.5. The molecule has 2 amide bonds. The van der Waals surface area contributed by atoms with Gasteiger partial charge in [0.25, 0.3) is 0 Å². The number of aryl methyl sites for hydroxylation is 1. The number of hydrogen-bond acceptors (Lipinski definition) is 3. The zero-order valence-corrected chi connectivity index (χ0v) is 13.9. The van der Waals surface area contributed by atoms with Crippen LogP contribution >= 0.6 is 0 Å². The second kappa shape index (κ2) is 8.91. The number of carbonyl (C=O) groups excluding carboxylic acids is 2. The first-order valence-corrected chi connectivity index (χ1v) is 8.19. The Morgan fingerprint density at radius 3 is 2.71 bits per heavy atom. The van der Waals surface area contributed by atoms with Gasteiger partial charge in [0.15, 0.2) is 0 Å². The molecule has 0 aliphatic carbocycles. The quantitative estimate of drug-likeness (QED) is 0.560. The Kier molecular flexibility index (Phi) is 6.61. The first kappa shape index (κ1) is 17.8. The van der Waals surface area contributed by atoms with Crippen molar-refractivity contribution in [3.8, 4) is 5.75 Å². The summed E-state index contributed by atoms with van der Waals surface area (Å²) in [5, 5.41) is 2.84. The third kappa shape index (κ3) is 4.98. The number of fused-ring (bicyclic) bond motifs is 1. The molecular weight excluding hydrogens is 304 g/mol. The second-order valence-corrected chi connectivity index (χ2v) is 5.70. The van der Waals surface area contributed by atoms with Gasteiger partial charge in [-0.25, -0.2) is 0 Å². The largest absolute Gasteiger partial charge is 0.494 e. The number of anilines is 1. The van der Waals surface area contributed by atoms with Gasteiger partial charge in [-0.2, -0.15) is 0 Å². The third-order valence-corrected chi connectivity index (χ3v) is 3.83. The van der Waals surface area contributed by atoms with Crippen molar-refractivity contribution >= 4 is 17.5 Å². The first-order valence-electron chi connectivity index (χ1n) is 8.19. The van der Waals surface area contributed by atoms with Crippen molar-refractivity contribution in [3.63, 3.8) is 0 Å². The van der Waals surface area contributed by atoms with E-state index in [0.29, 0.717) is 39.0 Å². The van der Waals surface area contributed by atoms with E-state index in [-0.39, 0.29) is 11.8 Å². The Morgan fingerprint density at radius 2 is 2.00 bits per heavy atom. The Balaban J connectivity index is 1.78. The van der Waals surface area contributed by atoms with Crippen LogP contribution in [-0.2, 0) is 16.0 Å². The Morgan fingerprint density at radius 1 is 1.25 bits per heavy atom. The molecule has 5 heteroatoms. The van der Waals surface area contributed by atoms with Crippen molar-refractivity contribution in [3.05, 3.63) is 49.1 Å². The van der Waals surface area contributed by atoms with Gasteiger partial charge in [-0.05, 0) is 36.6 Å². The summed E-state index contributed by atoms with van der Waals surface area (Å²) in [7, 11) is 0. The van der Waals surface area contributed by atoms with Crippen LogP contribution in [0.15, 0.2) is 43.5 Å². The molecular formula is C19H24N2O3. The SMILES string of the molecule is C=CCN(CC=C)C(=O)CCCOc1ccc2c(c1)CCC(=O)N2. The van der Waals surface area contributed by atoms with Gasteiger partial charge in [-0.15, -0.1) is 13.2 Å². The van der Waals surface area contributed by atoms with Gasteiger partial charge < -0.3 is 15.0 Å². The highest BCUT2D eigenvalue weighted by Crippen LogP contribution is 2.26. The van der Waals surface area contributed by atoms with Crippen molar-refractivity contribution in [2.45, 2.75) is 25.7 Å². The van der Waals surface area contributed by atoms with Gasteiger partial charge in [0.2, 0.25) is 11.8 Å². The van der Waals surface area contributed by atoms with E-state index in [9.17, 15) is 9.59 Å². The molecule has 1 aliphatic rings. The van der Waals surface area contributed by atoms with Crippen LogP contribution in [-0.4, -0.2) is 36.4 Å². The van der Waals surface area contributed by atoms with Gasteiger partial charge in [-0.3, -0.25) is 9.59 Å². The number of hydrogen-bond donors (Lipinski definition) is 1. The summed E-state index contributed by atoms with van der Waals surface area (Å²) in [5.41, 5.74) is 1.95. The average Bonchev–Trinajstić information content (AvgIpc) is 2.58. The summed E-state index contributed by atoms with van der Waals surface area (Å²) >= 11 is 0. The Hall–Kier alpha value is -2.56. The topological polar surface area (TPSA) is 58.6 Å². The molecule has 0 saturated heterocycles. The molecule has 0 radical (unpaired) electrons. The Labute approximate surface area is 143 Å². The molecule has 1 aromatic carbocycles. The Bertz CT molecular complexity index is 615. The van der Waals surface area contributed by atoms with Crippen LogP contribution in [0.3, 0.4) is 0 Å². The lowest BCUT2D eigenvalue weighted by Crippen LogP contribution is -2.31. The summed E-state index contributed by atoms with van der Waals surface area (Å²) < 4.78 is 5.73. The molecule has 0 saturated carbocycles. The molecule has 1 heterocycles. The van der Waals surface area contributed by atoms with Crippen molar-refractivity contribution in [2.24, 2.45) is 0 Å². The van der Waals surface area contributed by atoms with E-state index in [0.717, 1.165) is 23.4 Å². The number of benzene rings is 1. The maximum absolute atomic E-state index is 12.1. The second-order valence-electron chi connectivity index (χ2n) is 5.70. The molecule has 128 valence electrons. The molecule has 24 heavy (non-hydrogen) atoms. The third-order valence-electron chi connectivity index (χ3n) is 3.83. The lowest BCUT2D eigenvalue weighted by atomic mass is 10.0. The zero-order valence-electron chi connectivity index (χ0n) is 13.9. The molecule has 1 aliphatic heterocycles. The van der Waals surface area contributed by atoms with E-state index >= 15 is 0 Å². The van der Waals surface area contributed by atoms with Crippen LogP contribution in [0.25, 0.3) is 0 Å². The maximum Gasteiger partial charge on any atom is 0.224 e. The molecule has 0 fully saturated rings. The van der Waals surface area contributed by atoms with E-state index < -0.39 is 0 Å². The smallest absolute Gasteiger partial charge is 0.224 e. The maximum atomic E-state index is 12.1. The van der Waals surface area contributed by atoms with E-state index in [4.69, 9.17) is 4.74 Å². The fourth-order valence-corrected chi connectivity index (χ4v) is 2.61. The van der Waals surface area contributed by atoms with Crippen LogP contribution in [0.5, 0.6) is 5.75 Å². The van der Waals surface area contributed by atoms with Crippen LogP contribution in [0, 0.1) is 0 Å². The van der Waals surface area contributed by atoms with Crippen molar-refractivity contribution in [1.29, 1.82) is 0 Å². The molecule has 1 aromatic rings. The van der Waals surface area contributed by atoms with Crippen LogP contribution < -0.4 is 10.1 Å². The normalized spacial score (nSPS) is 12.8. The minimum atomic E-state index is 0.0540. The van der Waals surface area contributed by atoms with Gasteiger partial charge in [0, 0.05) is 31.6 Å². The lowest BCUT2D eigenvalue weighted by molar-refractivity contribution is -0.130. The fraction of sp³-hybridized carbons (Fsp3) is 0.368. The van der Waals surface area contributed by atoms with E-state index in [1.165, 1.54) is 0 Å². The summed E-state index contributed by atoms with van der Waals surface area (Å²) in [6, 6.07) is 5.66. The number of nitrogens with zero attached hydrogens (tertiary/aromatic N) is 1. The highest BCUT2D eigenvalue weighted by Gasteiger charge is 2.15. The molecule has 0 bridgehead atoms. The summed E-state index contributed by atoms with van der Waals surface area (Å²) in [6.45, 7) is 8.86. The molecule has 0 spiro atoms. The molecule has 0 aromatic heterocycles. The predicted molar refractivity (Wildman–Crippen MR) is 95.1 cm³/mol. The van der Waals surface area contributed by atoms with Gasteiger partial charge in [0.05, 0.1) is 6.61 Å². The average molecular weight is 328 g/mol.